The van der Waals surface area contributed by atoms with Gasteiger partial charge in [0.05, 0.1) is 5.69 Å². The predicted molar refractivity (Wildman–Crippen MR) is 84.5 cm³/mol. The molecule has 4 aromatic rings. The molecule has 0 saturated carbocycles. The summed E-state index contributed by atoms with van der Waals surface area (Å²) in [6, 6.07) is 9.57. The van der Waals surface area contributed by atoms with Crippen molar-refractivity contribution in [2.24, 2.45) is 0 Å². The molecule has 0 spiro atoms. The van der Waals surface area contributed by atoms with Crippen LogP contribution >= 0.6 is 22.9 Å². The summed E-state index contributed by atoms with van der Waals surface area (Å²) in [5.41, 5.74) is 4.68. The summed E-state index contributed by atoms with van der Waals surface area (Å²) in [5.74, 6) is 0. The lowest BCUT2D eigenvalue weighted by molar-refractivity contribution is 0.943. The summed E-state index contributed by atoms with van der Waals surface area (Å²) in [6.07, 6.45) is 3.52. The van der Waals surface area contributed by atoms with Crippen molar-refractivity contribution in [1.29, 1.82) is 0 Å². The molecule has 4 nitrogen and oxygen atoms in total. The lowest BCUT2D eigenvalue weighted by Crippen LogP contribution is -1.94. The zero-order chi connectivity index (χ0) is 14.2. The molecule has 0 bridgehead atoms. The predicted octanol–water partition coefficient (Wildman–Crippen LogP) is 4.17. The summed E-state index contributed by atoms with van der Waals surface area (Å²) in [5, 5.41) is 8.94. The van der Waals surface area contributed by atoms with Crippen LogP contribution in [0.15, 0.2) is 53.5 Å². The summed E-state index contributed by atoms with van der Waals surface area (Å²) in [7, 11) is 0. The van der Waals surface area contributed by atoms with E-state index in [-0.39, 0.29) is 0 Å². The Morgan fingerprint density at radius 3 is 2.62 bits per heavy atom. The zero-order valence-corrected chi connectivity index (χ0v) is 12.3. The first-order valence-corrected chi connectivity index (χ1v) is 7.63. The highest BCUT2D eigenvalue weighted by Crippen LogP contribution is 2.33. The van der Waals surface area contributed by atoms with Crippen molar-refractivity contribution in [3.8, 4) is 22.5 Å². The van der Waals surface area contributed by atoms with Crippen LogP contribution in [0.1, 0.15) is 0 Å². The SMILES string of the molecule is Clc1ccc2nc(-c3ccsc3)c(-c3ccncc3)n2n1. The Hall–Kier alpha value is -2.24. The summed E-state index contributed by atoms with van der Waals surface area (Å²) in [6.45, 7) is 0. The lowest BCUT2D eigenvalue weighted by atomic mass is 10.1. The largest absolute Gasteiger partial charge is 0.265 e. The molecule has 21 heavy (non-hydrogen) atoms. The minimum atomic E-state index is 0.437. The second-order valence-corrected chi connectivity index (χ2v) is 5.65. The van der Waals surface area contributed by atoms with Crippen molar-refractivity contribution in [2.45, 2.75) is 0 Å². The van der Waals surface area contributed by atoms with E-state index in [4.69, 9.17) is 16.6 Å². The lowest BCUT2D eigenvalue weighted by Gasteiger charge is -2.03. The van der Waals surface area contributed by atoms with Gasteiger partial charge in [0.25, 0.3) is 0 Å². The fourth-order valence-corrected chi connectivity index (χ4v) is 3.06. The number of fused-ring (bicyclic) bond motifs is 1. The van der Waals surface area contributed by atoms with E-state index in [1.54, 1.807) is 34.3 Å². The smallest absolute Gasteiger partial charge is 0.155 e. The van der Waals surface area contributed by atoms with Gasteiger partial charge in [-0.05, 0) is 35.7 Å². The van der Waals surface area contributed by atoms with Crippen LogP contribution in [0, 0.1) is 0 Å². The number of hydrogen-bond acceptors (Lipinski definition) is 4. The molecule has 4 heterocycles. The molecule has 0 aliphatic carbocycles. The Morgan fingerprint density at radius 2 is 1.86 bits per heavy atom. The maximum atomic E-state index is 6.04. The monoisotopic (exact) mass is 312 g/mol. The van der Waals surface area contributed by atoms with Crippen molar-refractivity contribution in [3.63, 3.8) is 0 Å². The Balaban J connectivity index is 2.09. The van der Waals surface area contributed by atoms with Crippen LogP contribution in [-0.2, 0) is 0 Å². The van der Waals surface area contributed by atoms with Gasteiger partial charge in [-0.15, -0.1) is 0 Å². The van der Waals surface area contributed by atoms with Gasteiger partial charge in [0.15, 0.2) is 5.65 Å². The molecule has 4 rings (SSSR count). The first-order chi connectivity index (χ1) is 10.3. The number of nitrogens with zero attached hydrogens (tertiary/aromatic N) is 4. The Morgan fingerprint density at radius 1 is 1.00 bits per heavy atom. The van der Waals surface area contributed by atoms with E-state index in [1.165, 1.54) is 0 Å². The minimum absolute atomic E-state index is 0.437. The third kappa shape index (κ3) is 2.11. The average molecular weight is 313 g/mol. The number of aromatic nitrogens is 4. The van der Waals surface area contributed by atoms with Crippen molar-refractivity contribution in [2.75, 3.05) is 0 Å². The van der Waals surface area contributed by atoms with Crippen LogP contribution in [-0.4, -0.2) is 19.6 Å². The first kappa shape index (κ1) is 12.5. The van der Waals surface area contributed by atoms with Gasteiger partial charge in [-0.25, -0.2) is 9.50 Å². The summed E-state index contributed by atoms with van der Waals surface area (Å²) >= 11 is 7.69. The number of hydrogen-bond donors (Lipinski definition) is 0. The van der Waals surface area contributed by atoms with Gasteiger partial charge in [0, 0.05) is 28.9 Å². The Labute approximate surface area is 129 Å². The zero-order valence-electron chi connectivity index (χ0n) is 10.8. The molecule has 0 radical (unpaired) electrons. The standard InChI is InChI=1S/C15H9ClN4S/c16-12-1-2-13-18-14(11-5-8-21-9-11)15(20(13)19-12)10-3-6-17-7-4-10/h1-9H. The molecule has 0 amide bonds. The van der Waals surface area contributed by atoms with Crippen molar-refractivity contribution in [3.05, 3.63) is 58.6 Å². The van der Waals surface area contributed by atoms with Gasteiger partial charge in [-0.3, -0.25) is 4.98 Å². The van der Waals surface area contributed by atoms with E-state index in [0.29, 0.717) is 5.15 Å². The molecular weight excluding hydrogens is 304 g/mol. The average Bonchev–Trinajstić information content (AvgIpc) is 3.14. The first-order valence-electron chi connectivity index (χ1n) is 6.31. The van der Waals surface area contributed by atoms with Gasteiger partial charge in [-0.1, -0.05) is 11.6 Å². The van der Waals surface area contributed by atoms with E-state index in [0.717, 1.165) is 28.2 Å². The van der Waals surface area contributed by atoms with E-state index in [1.807, 2.05) is 23.6 Å². The molecule has 0 fully saturated rings. The van der Waals surface area contributed by atoms with E-state index >= 15 is 0 Å². The fraction of sp³-hybridized carbons (Fsp3) is 0. The van der Waals surface area contributed by atoms with Gasteiger partial charge >= 0.3 is 0 Å². The second kappa shape index (κ2) is 4.95. The van der Waals surface area contributed by atoms with Crippen molar-refractivity contribution in [1.82, 2.24) is 19.6 Å². The molecule has 0 aliphatic rings. The molecule has 0 atom stereocenters. The molecule has 0 saturated heterocycles. The third-order valence-corrected chi connectivity index (χ3v) is 4.08. The van der Waals surface area contributed by atoms with E-state index in [2.05, 4.69) is 21.5 Å². The number of imidazole rings is 1. The normalized spacial score (nSPS) is 11.1. The number of thiophene rings is 1. The fourth-order valence-electron chi connectivity index (χ4n) is 2.28. The highest BCUT2D eigenvalue weighted by atomic mass is 35.5. The topological polar surface area (TPSA) is 43.1 Å². The van der Waals surface area contributed by atoms with Crippen LogP contribution in [0.2, 0.25) is 5.15 Å². The van der Waals surface area contributed by atoms with E-state index in [9.17, 15) is 0 Å². The van der Waals surface area contributed by atoms with Crippen molar-refractivity contribution < 1.29 is 0 Å². The van der Waals surface area contributed by atoms with Crippen LogP contribution in [0.4, 0.5) is 0 Å². The molecule has 102 valence electrons. The van der Waals surface area contributed by atoms with Crippen molar-refractivity contribution >= 4 is 28.6 Å². The Bertz CT molecular complexity index is 900. The highest BCUT2D eigenvalue weighted by molar-refractivity contribution is 7.08. The van der Waals surface area contributed by atoms with Gasteiger partial charge in [-0.2, -0.15) is 16.4 Å². The number of rotatable bonds is 2. The summed E-state index contributed by atoms with van der Waals surface area (Å²) < 4.78 is 1.78. The van der Waals surface area contributed by atoms with Crippen LogP contribution in [0.5, 0.6) is 0 Å². The molecule has 4 aromatic heterocycles. The Kier molecular flexibility index (Phi) is 2.94. The van der Waals surface area contributed by atoms with Gasteiger partial charge in [0.1, 0.15) is 10.8 Å². The molecule has 0 aliphatic heterocycles. The molecule has 6 heteroatoms. The maximum Gasteiger partial charge on any atom is 0.155 e. The van der Waals surface area contributed by atoms with E-state index < -0.39 is 0 Å². The number of pyridine rings is 1. The molecule has 0 unspecified atom stereocenters. The molecule has 0 aromatic carbocycles. The number of halogens is 1. The minimum Gasteiger partial charge on any atom is -0.265 e. The maximum absolute atomic E-state index is 6.04. The van der Waals surface area contributed by atoms with Gasteiger partial charge in [0.2, 0.25) is 0 Å². The quantitative estimate of drug-likeness (QED) is 0.558. The van der Waals surface area contributed by atoms with Crippen LogP contribution in [0.3, 0.4) is 0 Å². The van der Waals surface area contributed by atoms with Crippen LogP contribution < -0.4 is 0 Å². The van der Waals surface area contributed by atoms with Crippen LogP contribution in [0.25, 0.3) is 28.2 Å². The summed E-state index contributed by atoms with van der Waals surface area (Å²) in [4.78, 5) is 8.77. The third-order valence-electron chi connectivity index (χ3n) is 3.19. The molecular formula is C15H9ClN4S. The highest BCUT2D eigenvalue weighted by Gasteiger charge is 2.17. The molecule has 0 N–H and O–H groups in total. The second-order valence-electron chi connectivity index (χ2n) is 4.48. The van der Waals surface area contributed by atoms with Gasteiger partial charge < -0.3 is 0 Å².